The molecule has 0 saturated carbocycles. The van der Waals surface area contributed by atoms with E-state index in [9.17, 15) is 8.42 Å². The summed E-state index contributed by atoms with van der Waals surface area (Å²) >= 11 is 7.47. The van der Waals surface area contributed by atoms with Crippen molar-refractivity contribution < 1.29 is 8.42 Å². The molecular formula is C17H24ClN5O2S2. The van der Waals surface area contributed by atoms with Crippen molar-refractivity contribution in [2.24, 2.45) is 4.99 Å². The molecule has 148 valence electrons. The number of rotatable bonds is 8. The topological polar surface area (TPSA) is 86.7 Å². The minimum atomic E-state index is -3.61. The SMILES string of the molecule is CCNC(=NCCNS(=O)(=O)c1cccc(Cl)c1)N(C)Cc1csc(C)n1. The van der Waals surface area contributed by atoms with Gasteiger partial charge in [0.2, 0.25) is 10.0 Å². The fraction of sp³-hybridized carbons (Fsp3) is 0.412. The van der Waals surface area contributed by atoms with E-state index in [2.05, 4.69) is 20.0 Å². The number of sulfonamides is 1. The lowest BCUT2D eigenvalue weighted by molar-refractivity contribution is 0.471. The number of guanidine groups is 1. The number of nitrogens with zero attached hydrogens (tertiary/aromatic N) is 3. The van der Waals surface area contributed by atoms with Crippen LogP contribution in [0.5, 0.6) is 0 Å². The second-order valence-electron chi connectivity index (χ2n) is 5.80. The second kappa shape index (κ2) is 10.0. The van der Waals surface area contributed by atoms with Gasteiger partial charge in [0.05, 0.1) is 28.7 Å². The molecule has 0 unspecified atom stereocenters. The van der Waals surface area contributed by atoms with Gasteiger partial charge in [-0.2, -0.15) is 0 Å². The molecule has 2 N–H and O–H groups in total. The number of aliphatic imine (C=N–C) groups is 1. The number of benzene rings is 1. The number of nitrogens with one attached hydrogen (secondary N) is 2. The van der Waals surface area contributed by atoms with Crippen LogP contribution in [-0.2, 0) is 16.6 Å². The zero-order valence-corrected chi connectivity index (χ0v) is 18.0. The average Bonchev–Trinajstić information content (AvgIpc) is 3.02. The lowest BCUT2D eigenvalue weighted by Crippen LogP contribution is -2.39. The number of halogens is 1. The van der Waals surface area contributed by atoms with Crippen LogP contribution in [0, 0.1) is 6.92 Å². The van der Waals surface area contributed by atoms with Gasteiger partial charge in [0.25, 0.3) is 0 Å². The van der Waals surface area contributed by atoms with Gasteiger partial charge in [0.15, 0.2) is 5.96 Å². The Morgan fingerprint density at radius 3 is 2.81 bits per heavy atom. The van der Waals surface area contributed by atoms with E-state index in [-0.39, 0.29) is 11.4 Å². The first kappa shape index (κ1) is 21.6. The van der Waals surface area contributed by atoms with Crippen LogP contribution in [0.15, 0.2) is 39.5 Å². The zero-order valence-electron chi connectivity index (χ0n) is 15.6. The smallest absolute Gasteiger partial charge is 0.240 e. The number of hydrogen-bond acceptors (Lipinski definition) is 5. The molecule has 0 bridgehead atoms. The van der Waals surface area contributed by atoms with E-state index in [1.54, 1.807) is 23.5 Å². The first-order chi connectivity index (χ1) is 12.8. The van der Waals surface area contributed by atoms with Crippen LogP contribution in [0.2, 0.25) is 5.02 Å². The van der Waals surface area contributed by atoms with Gasteiger partial charge in [0, 0.05) is 30.5 Å². The molecule has 2 rings (SSSR count). The summed E-state index contributed by atoms with van der Waals surface area (Å²) in [6.07, 6.45) is 0. The van der Waals surface area contributed by atoms with Crippen LogP contribution in [0.3, 0.4) is 0 Å². The van der Waals surface area contributed by atoms with E-state index in [1.165, 1.54) is 12.1 Å². The summed E-state index contributed by atoms with van der Waals surface area (Å²) in [7, 11) is -1.68. The molecule has 7 nitrogen and oxygen atoms in total. The van der Waals surface area contributed by atoms with E-state index in [4.69, 9.17) is 11.6 Å². The largest absolute Gasteiger partial charge is 0.357 e. The molecule has 0 aliphatic rings. The lowest BCUT2D eigenvalue weighted by Gasteiger charge is -2.21. The van der Waals surface area contributed by atoms with Crippen molar-refractivity contribution in [1.82, 2.24) is 19.9 Å². The van der Waals surface area contributed by atoms with Crippen molar-refractivity contribution in [3.8, 4) is 0 Å². The highest BCUT2D eigenvalue weighted by Gasteiger charge is 2.14. The molecule has 2 aromatic rings. The first-order valence-corrected chi connectivity index (χ1v) is 11.2. The third kappa shape index (κ3) is 6.76. The highest BCUT2D eigenvalue weighted by atomic mass is 35.5. The highest BCUT2D eigenvalue weighted by molar-refractivity contribution is 7.89. The van der Waals surface area contributed by atoms with E-state index in [0.29, 0.717) is 30.6 Å². The molecule has 0 saturated heterocycles. The highest BCUT2D eigenvalue weighted by Crippen LogP contribution is 2.15. The van der Waals surface area contributed by atoms with Gasteiger partial charge < -0.3 is 10.2 Å². The lowest BCUT2D eigenvalue weighted by atomic mass is 10.4. The van der Waals surface area contributed by atoms with Gasteiger partial charge in [0.1, 0.15) is 0 Å². The van der Waals surface area contributed by atoms with Gasteiger partial charge in [-0.25, -0.2) is 18.1 Å². The summed E-state index contributed by atoms with van der Waals surface area (Å²) in [4.78, 5) is 11.0. The second-order valence-corrected chi connectivity index (χ2v) is 9.07. The molecule has 0 atom stereocenters. The normalized spacial score (nSPS) is 12.2. The summed E-state index contributed by atoms with van der Waals surface area (Å²) in [5.41, 5.74) is 0.979. The Bertz CT molecular complexity index is 883. The van der Waals surface area contributed by atoms with Crippen LogP contribution in [0.1, 0.15) is 17.6 Å². The molecule has 0 amide bonds. The predicted octanol–water partition coefficient (Wildman–Crippen LogP) is 2.48. The Balaban J connectivity index is 1.94. The third-order valence-corrected chi connectivity index (χ3v) is 6.05. The fourth-order valence-electron chi connectivity index (χ4n) is 2.33. The van der Waals surface area contributed by atoms with Gasteiger partial charge in [-0.1, -0.05) is 17.7 Å². The Labute approximate surface area is 169 Å². The van der Waals surface area contributed by atoms with Gasteiger partial charge in [-0.3, -0.25) is 4.99 Å². The van der Waals surface area contributed by atoms with Crippen molar-refractivity contribution in [2.45, 2.75) is 25.3 Å². The maximum atomic E-state index is 12.3. The molecule has 27 heavy (non-hydrogen) atoms. The van der Waals surface area contributed by atoms with Crippen molar-refractivity contribution in [1.29, 1.82) is 0 Å². The van der Waals surface area contributed by atoms with Gasteiger partial charge >= 0.3 is 0 Å². The Kier molecular flexibility index (Phi) is 8.03. The third-order valence-electron chi connectivity index (χ3n) is 3.53. The Morgan fingerprint density at radius 1 is 1.41 bits per heavy atom. The molecule has 0 aliphatic carbocycles. The van der Waals surface area contributed by atoms with Crippen molar-refractivity contribution in [2.75, 3.05) is 26.7 Å². The maximum absolute atomic E-state index is 12.3. The fourth-order valence-corrected chi connectivity index (χ4v) is 4.25. The summed E-state index contributed by atoms with van der Waals surface area (Å²) in [5.74, 6) is 0.699. The van der Waals surface area contributed by atoms with E-state index in [1.807, 2.05) is 31.2 Å². The van der Waals surface area contributed by atoms with E-state index < -0.39 is 10.0 Å². The minimum Gasteiger partial charge on any atom is -0.357 e. The standard InChI is InChI=1S/C17H24ClN5O2S2/c1-4-19-17(23(3)11-15-12-26-13(2)22-15)20-8-9-21-27(24,25)16-7-5-6-14(18)10-16/h5-7,10,12,21H,4,8-9,11H2,1-3H3,(H,19,20). The molecule has 0 aliphatic heterocycles. The first-order valence-electron chi connectivity index (χ1n) is 8.47. The monoisotopic (exact) mass is 429 g/mol. The number of aromatic nitrogens is 1. The summed E-state index contributed by atoms with van der Waals surface area (Å²) in [6.45, 7) is 5.80. The number of thiazole rings is 1. The molecular weight excluding hydrogens is 406 g/mol. The van der Waals surface area contributed by atoms with Crippen LogP contribution in [0.25, 0.3) is 0 Å². The van der Waals surface area contributed by atoms with E-state index in [0.717, 1.165) is 10.7 Å². The van der Waals surface area contributed by atoms with Crippen LogP contribution in [-0.4, -0.2) is 50.9 Å². The van der Waals surface area contributed by atoms with Crippen LogP contribution in [0.4, 0.5) is 0 Å². The van der Waals surface area contributed by atoms with Crippen molar-refractivity contribution in [3.63, 3.8) is 0 Å². The molecule has 0 fully saturated rings. The van der Waals surface area contributed by atoms with Crippen molar-refractivity contribution >= 4 is 38.9 Å². The maximum Gasteiger partial charge on any atom is 0.240 e. The molecule has 0 radical (unpaired) electrons. The molecule has 10 heteroatoms. The Hall–Kier alpha value is -1.68. The van der Waals surface area contributed by atoms with Gasteiger partial charge in [-0.05, 0) is 32.0 Å². The number of hydrogen-bond donors (Lipinski definition) is 2. The van der Waals surface area contributed by atoms with Gasteiger partial charge in [-0.15, -0.1) is 11.3 Å². The quantitative estimate of drug-likeness (QED) is 0.382. The molecule has 1 aromatic carbocycles. The Morgan fingerprint density at radius 2 is 2.19 bits per heavy atom. The summed E-state index contributed by atoms with van der Waals surface area (Å²) in [5, 5.41) is 6.63. The molecule has 1 aromatic heterocycles. The summed E-state index contributed by atoms with van der Waals surface area (Å²) < 4.78 is 27.1. The minimum absolute atomic E-state index is 0.141. The number of aryl methyl sites for hydroxylation is 1. The summed E-state index contributed by atoms with van der Waals surface area (Å²) in [6, 6.07) is 6.16. The van der Waals surface area contributed by atoms with Crippen LogP contribution < -0.4 is 10.0 Å². The molecule has 0 spiro atoms. The van der Waals surface area contributed by atoms with Crippen LogP contribution >= 0.6 is 22.9 Å². The molecule has 1 heterocycles. The van der Waals surface area contributed by atoms with Crippen molar-refractivity contribution in [3.05, 3.63) is 45.4 Å². The zero-order chi connectivity index (χ0) is 19.9. The van der Waals surface area contributed by atoms with E-state index >= 15 is 0 Å². The predicted molar refractivity (Wildman–Crippen MR) is 111 cm³/mol. The average molecular weight is 430 g/mol.